The van der Waals surface area contributed by atoms with Gasteiger partial charge in [0.2, 0.25) is 5.82 Å². The number of terminal acetylenes is 1. The van der Waals surface area contributed by atoms with E-state index in [1.807, 2.05) is 5.92 Å². The highest BCUT2D eigenvalue weighted by atomic mass is 19.2. The summed E-state index contributed by atoms with van der Waals surface area (Å²) in [6.45, 7) is 2.51. The second-order valence-electron chi connectivity index (χ2n) is 7.44. The smallest absolute Gasteiger partial charge is 0.201 e. The first-order chi connectivity index (χ1) is 14.0. The Labute approximate surface area is 169 Å². The van der Waals surface area contributed by atoms with Gasteiger partial charge in [0.05, 0.1) is 12.0 Å². The van der Waals surface area contributed by atoms with Gasteiger partial charge in [-0.1, -0.05) is 38.7 Å². The molecule has 0 aliphatic heterocycles. The molecule has 2 nitrogen and oxygen atoms in total. The molecule has 2 aromatic carbocycles. The number of fused-ring (bicyclic) bond motifs is 1. The fourth-order valence-electron chi connectivity index (χ4n) is 3.93. The minimum Gasteiger partial charge on any atom is -0.490 e. The van der Waals surface area contributed by atoms with Gasteiger partial charge in [-0.15, -0.1) is 6.42 Å². The molecule has 1 fully saturated rings. The Hall–Kier alpha value is -2.79. The lowest BCUT2D eigenvalue weighted by Crippen LogP contribution is -2.20. The van der Waals surface area contributed by atoms with Crippen LogP contribution >= 0.6 is 0 Å². The number of ether oxygens (including phenoxy) is 2. The zero-order valence-corrected chi connectivity index (χ0v) is 16.4. The Morgan fingerprint density at radius 3 is 2.41 bits per heavy atom. The van der Waals surface area contributed by atoms with Crippen molar-refractivity contribution in [2.75, 3.05) is 6.61 Å². The monoisotopic (exact) mass is 400 g/mol. The van der Waals surface area contributed by atoms with E-state index in [2.05, 4.69) is 19.0 Å². The normalized spacial score (nSPS) is 18.6. The Balaban J connectivity index is 1.76. The van der Waals surface area contributed by atoms with Gasteiger partial charge in [0, 0.05) is 5.92 Å². The van der Waals surface area contributed by atoms with Crippen molar-refractivity contribution in [3.05, 3.63) is 35.7 Å². The molecule has 0 unspecified atom stereocenters. The fourth-order valence-corrected chi connectivity index (χ4v) is 3.93. The van der Waals surface area contributed by atoms with Crippen LogP contribution in [0.2, 0.25) is 0 Å². The summed E-state index contributed by atoms with van der Waals surface area (Å²) < 4.78 is 54.1. The van der Waals surface area contributed by atoms with E-state index in [0.717, 1.165) is 31.6 Å². The summed E-state index contributed by atoms with van der Waals surface area (Å²) in [5.41, 5.74) is 0. The summed E-state index contributed by atoms with van der Waals surface area (Å²) in [4.78, 5) is 0. The van der Waals surface area contributed by atoms with Crippen molar-refractivity contribution < 1.29 is 22.6 Å². The van der Waals surface area contributed by atoms with Gasteiger partial charge in [-0.3, -0.25) is 0 Å². The second-order valence-corrected chi connectivity index (χ2v) is 7.44. The van der Waals surface area contributed by atoms with Crippen LogP contribution in [-0.2, 0) is 0 Å². The van der Waals surface area contributed by atoms with Crippen LogP contribution in [0.25, 0.3) is 10.8 Å². The van der Waals surface area contributed by atoms with E-state index in [0.29, 0.717) is 12.5 Å². The van der Waals surface area contributed by atoms with Gasteiger partial charge in [-0.2, -0.15) is 4.39 Å². The number of hydrogen-bond donors (Lipinski definition) is 0. The molecule has 29 heavy (non-hydrogen) atoms. The van der Waals surface area contributed by atoms with Crippen LogP contribution in [0, 0.1) is 53.7 Å². The molecule has 1 saturated carbocycles. The summed E-state index contributed by atoms with van der Waals surface area (Å²) >= 11 is 0. The van der Waals surface area contributed by atoms with E-state index in [1.54, 1.807) is 0 Å². The Kier molecular flexibility index (Phi) is 6.94. The minimum absolute atomic E-state index is 0.181. The van der Waals surface area contributed by atoms with Crippen molar-refractivity contribution in [3.8, 4) is 35.9 Å². The number of hydrogen-bond acceptors (Lipinski definition) is 2. The van der Waals surface area contributed by atoms with Gasteiger partial charge in [-0.25, -0.2) is 8.78 Å². The highest BCUT2D eigenvalue weighted by Crippen LogP contribution is 2.36. The maximum atomic E-state index is 14.6. The second kappa shape index (κ2) is 9.61. The van der Waals surface area contributed by atoms with Gasteiger partial charge in [-0.05, 0) is 48.1 Å². The molecule has 0 N–H and O–H groups in total. The quantitative estimate of drug-likeness (QED) is 0.536. The molecule has 0 atom stereocenters. The summed E-state index contributed by atoms with van der Waals surface area (Å²) in [5.74, 6) is 1.19. The Bertz CT molecular complexity index is 974. The first kappa shape index (κ1) is 20.9. The van der Waals surface area contributed by atoms with Crippen LogP contribution < -0.4 is 9.47 Å². The average molecular weight is 400 g/mol. The Morgan fingerprint density at radius 1 is 1.00 bits per heavy atom. The lowest BCUT2D eigenvalue weighted by molar-refractivity contribution is 0.173. The van der Waals surface area contributed by atoms with E-state index in [9.17, 15) is 13.2 Å². The largest absolute Gasteiger partial charge is 0.490 e. The van der Waals surface area contributed by atoms with Crippen molar-refractivity contribution in [1.29, 1.82) is 0 Å². The standard InChI is InChI=1S/C24H23F3O2/c1-3-5-13-28-19-12-11-18-14-20(23(26)24(27)21(18)22(19)25)29-15-17-9-7-16(6-4-2)8-10-17/h1,11-12,14,16-17H,4,6-10,15H2,2H3. The molecule has 1 aliphatic rings. The maximum absolute atomic E-state index is 14.6. The summed E-state index contributed by atoms with van der Waals surface area (Å²) in [5, 5.41) is -0.324. The number of benzene rings is 2. The van der Waals surface area contributed by atoms with Crippen LogP contribution in [0.5, 0.6) is 11.5 Å². The first-order valence-corrected chi connectivity index (χ1v) is 9.90. The molecule has 1 aliphatic carbocycles. The molecule has 3 rings (SSSR count). The first-order valence-electron chi connectivity index (χ1n) is 9.90. The molecule has 0 radical (unpaired) electrons. The fraction of sp³-hybridized carbons (Fsp3) is 0.417. The molecule has 5 heteroatoms. The van der Waals surface area contributed by atoms with Crippen molar-refractivity contribution >= 4 is 10.8 Å². The lowest BCUT2D eigenvalue weighted by Gasteiger charge is -2.28. The number of rotatable bonds is 6. The van der Waals surface area contributed by atoms with Crippen LogP contribution in [0.15, 0.2) is 18.2 Å². The van der Waals surface area contributed by atoms with E-state index in [-0.39, 0.29) is 16.9 Å². The average Bonchev–Trinajstić information content (AvgIpc) is 2.72. The Morgan fingerprint density at radius 2 is 1.72 bits per heavy atom. The predicted molar refractivity (Wildman–Crippen MR) is 107 cm³/mol. The van der Waals surface area contributed by atoms with Crippen molar-refractivity contribution in [1.82, 2.24) is 0 Å². The summed E-state index contributed by atoms with van der Waals surface area (Å²) in [6.07, 6.45) is 13.8. The third-order valence-electron chi connectivity index (χ3n) is 5.48. The minimum atomic E-state index is -1.31. The molecule has 0 heterocycles. The highest BCUT2D eigenvalue weighted by Gasteiger charge is 2.23. The van der Waals surface area contributed by atoms with E-state index >= 15 is 0 Å². The summed E-state index contributed by atoms with van der Waals surface area (Å²) in [7, 11) is 0. The van der Waals surface area contributed by atoms with Crippen molar-refractivity contribution in [3.63, 3.8) is 0 Å². The van der Waals surface area contributed by atoms with Crippen molar-refractivity contribution in [2.24, 2.45) is 11.8 Å². The summed E-state index contributed by atoms with van der Waals surface area (Å²) in [6, 6.07) is 4.03. The third kappa shape index (κ3) is 4.80. The molecular weight excluding hydrogens is 377 g/mol. The zero-order valence-electron chi connectivity index (χ0n) is 16.4. The van der Waals surface area contributed by atoms with E-state index < -0.39 is 22.8 Å². The zero-order chi connectivity index (χ0) is 20.8. The van der Waals surface area contributed by atoms with Crippen LogP contribution in [-0.4, -0.2) is 6.61 Å². The SMILES string of the molecule is C#CC#COc1ccc2cc(OCC3CCC(CCC)CC3)c(F)c(F)c2c1F. The topological polar surface area (TPSA) is 18.5 Å². The molecule has 0 amide bonds. The third-order valence-corrected chi connectivity index (χ3v) is 5.48. The van der Waals surface area contributed by atoms with Gasteiger partial charge < -0.3 is 9.47 Å². The molecule has 0 bridgehead atoms. The van der Waals surface area contributed by atoms with Crippen LogP contribution in [0.1, 0.15) is 45.4 Å². The van der Waals surface area contributed by atoms with Gasteiger partial charge in [0.15, 0.2) is 23.1 Å². The molecular formula is C24H23F3O2. The highest BCUT2D eigenvalue weighted by molar-refractivity contribution is 5.87. The van der Waals surface area contributed by atoms with Gasteiger partial charge in [0.25, 0.3) is 0 Å². The molecule has 2 aromatic rings. The molecule has 0 saturated heterocycles. The van der Waals surface area contributed by atoms with Gasteiger partial charge in [0.1, 0.15) is 6.11 Å². The predicted octanol–water partition coefficient (Wildman–Crippen LogP) is 6.22. The molecule has 0 aromatic heterocycles. The van der Waals surface area contributed by atoms with Crippen LogP contribution in [0.3, 0.4) is 0 Å². The number of halogens is 3. The maximum Gasteiger partial charge on any atom is 0.201 e. The van der Waals surface area contributed by atoms with Crippen molar-refractivity contribution in [2.45, 2.75) is 45.4 Å². The molecule has 0 spiro atoms. The van der Waals surface area contributed by atoms with Crippen LogP contribution in [0.4, 0.5) is 13.2 Å². The van der Waals surface area contributed by atoms with E-state index in [1.165, 1.54) is 31.0 Å². The lowest BCUT2D eigenvalue weighted by atomic mass is 9.80. The van der Waals surface area contributed by atoms with E-state index in [4.69, 9.17) is 15.9 Å². The van der Waals surface area contributed by atoms with Gasteiger partial charge >= 0.3 is 0 Å². The molecule has 152 valence electrons.